The minimum atomic E-state index is -1.07. The van der Waals surface area contributed by atoms with Gasteiger partial charge < -0.3 is 14.9 Å². The van der Waals surface area contributed by atoms with Gasteiger partial charge in [0.1, 0.15) is 5.75 Å². The van der Waals surface area contributed by atoms with Crippen molar-refractivity contribution in [3.63, 3.8) is 0 Å². The van der Waals surface area contributed by atoms with Crippen LogP contribution in [0.25, 0.3) is 6.08 Å². The molecular weight excluding hydrogens is 263 g/mol. The summed E-state index contributed by atoms with van der Waals surface area (Å²) < 4.78 is 18.1. The Kier molecular flexibility index (Phi) is 3.70. The number of esters is 1. The molecule has 0 aliphatic carbocycles. The predicted octanol–water partition coefficient (Wildman–Crippen LogP) is 3.10. The van der Waals surface area contributed by atoms with Gasteiger partial charge in [-0.05, 0) is 17.7 Å². The lowest BCUT2D eigenvalue weighted by atomic mass is 10.1. The Hall–Kier alpha value is -2.82. The Morgan fingerprint density at radius 2 is 1.85 bits per heavy atom. The van der Waals surface area contributed by atoms with E-state index in [0.29, 0.717) is 0 Å². The zero-order valence-corrected chi connectivity index (χ0v) is 10.3. The van der Waals surface area contributed by atoms with Gasteiger partial charge in [-0.3, -0.25) is 0 Å². The number of halogens is 1. The molecule has 2 rings (SSSR count). The van der Waals surface area contributed by atoms with Crippen molar-refractivity contribution in [2.75, 3.05) is 0 Å². The molecule has 4 nitrogen and oxygen atoms in total. The molecule has 2 aromatic rings. The van der Waals surface area contributed by atoms with E-state index in [0.717, 1.165) is 17.7 Å². The summed E-state index contributed by atoms with van der Waals surface area (Å²) in [5.41, 5.74) is 1.11. The molecular formula is C15H11FO4. The van der Waals surface area contributed by atoms with E-state index in [-0.39, 0.29) is 11.3 Å². The number of hydrogen-bond donors (Lipinski definition) is 2. The number of rotatable bonds is 3. The zero-order valence-electron chi connectivity index (χ0n) is 10.3. The van der Waals surface area contributed by atoms with Crippen LogP contribution in [0.15, 0.2) is 43.0 Å². The highest BCUT2D eigenvalue weighted by Crippen LogP contribution is 2.32. The smallest absolute Gasteiger partial charge is 0.343 e. The van der Waals surface area contributed by atoms with Crippen molar-refractivity contribution in [2.24, 2.45) is 0 Å². The molecule has 0 aromatic heterocycles. The summed E-state index contributed by atoms with van der Waals surface area (Å²) in [6.07, 6.45) is 1.63. The molecule has 0 amide bonds. The van der Waals surface area contributed by atoms with Crippen molar-refractivity contribution in [2.45, 2.75) is 0 Å². The van der Waals surface area contributed by atoms with Crippen molar-refractivity contribution in [3.05, 3.63) is 59.9 Å². The van der Waals surface area contributed by atoms with E-state index < -0.39 is 23.3 Å². The lowest BCUT2D eigenvalue weighted by Gasteiger charge is -2.06. The average Bonchev–Trinajstić information content (AvgIpc) is 2.44. The molecule has 0 aliphatic rings. The Morgan fingerprint density at radius 3 is 2.40 bits per heavy atom. The molecule has 2 aromatic carbocycles. The molecule has 0 heterocycles. The van der Waals surface area contributed by atoms with E-state index >= 15 is 0 Å². The third-order valence-corrected chi connectivity index (χ3v) is 2.61. The SMILES string of the molecule is C=Cc1ccc(C(=O)Oc2cc(O)c(O)c(F)c2)cc1. The maximum absolute atomic E-state index is 13.2. The maximum Gasteiger partial charge on any atom is 0.343 e. The van der Waals surface area contributed by atoms with Crippen LogP contribution in [-0.2, 0) is 0 Å². The maximum atomic E-state index is 13.2. The molecule has 0 fully saturated rings. The standard InChI is InChI=1S/C15H11FO4/c1-2-9-3-5-10(6-4-9)15(19)20-11-7-12(16)14(18)13(17)8-11/h2-8,17-18H,1H2. The summed E-state index contributed by atoms with van der Waals surface area (Å²) >= 11 is 0. The van der Waals surface area contributed by atoms with E-state index in [1.807, 2.05) is 0 Å². The van der Waals surface area contributed by atoms with Crippen LogP contribution in [-0.4, -0.2) is 16.2 Å². The second-order valence-electron chi connectivity index (χ2n) is 3.99. The second-order valence-corrected chi connectivity index (χ2v) is 3.99. The molecule has 0 aliphatic heterocycles. The van der Waals surface area contributed by atoms with Gasteiger partial charge in [0.25, 0.3) is 0 Å². The lowest BCUT2D eigenvalue weighted by Crippen LogP contribution is -2.08. The Balaban J connectivity index is 2.20. The van der Waals surface area contributed by atoms with E-state index in [4.69, 9.17) is 9.84 Å². The summed E-state index contributed by atoms with van der Waals surface area (Å²) in [4.78, 5) is 11.8. The van der Waals surface area contributed by atoms with Crippen LogP contribution < -0.4 is 4.74 Å². The molecule has 0 saturated carbocycles. The van der Waals surface area contributed by atoms with Gasteiger partial charge in [-0.1, -0.05) is 24.8 Å². The fourth-order valence-electron chi connectivity index (χ4n) is 1.54. The molecule has 0 saturated heterocycles. The van der Waals surface area contributed by atoms with Gasteiger partial charge >= 0.3 is 5.97 Å². The van der Waals surface area contributed by atoms with Gasteiger partial charge in [-0.2, -0.15) is 0 Å². The number of phenolic OH excluding ortho intramolecular Hbond substituents is 2. The fourth-order valence-corrected chi connectivity index (χ4v) is 1.54. The van der Waals surface area contributed by atoms with Gasteiger partial charge in [0.05, 0.1) is 5.56 Å². The minimum absolute atomic E-state index is 0.199. The van der Waals surface area contributed by atoms with Crippen molar-refractivity contribution in [1.82, 2.24) is 0 Å². The topological polar surface area (TPSA) is 66.8 Å². The van der Waals surface area contributed by atoms with Crippen molar-refractivity contribution < 1.29 is 24.1 Å². The third kappa shape index (κ3) is 2.77. The number of aromatic hydroxyl groups is 2. The van der Waals surface area contributed by atoms with Crippen LogP contribution in [0, 0.1) is 5.82 Å². The van der Waals surface area contributed by atoms with E-state index in [2.05, 4.69) is 6.58 Å². The average molecular weight is 274 g/mol. The van der Waals surface area contributed by atoms with Crippen LogP contribution in [0.1, 0.15) is 15.9 Å². The summed E-state index contributed by atoms with van der Waals surface area (Å²) in [6, 6.07) is 8.20. The lowest BCUT2D eigenvalue weighted by molar-refractivity contribution is 0.0734. The molecule has 0 spiro atoms. The molecule has 0 unspecified atom stereocenters. The number of hydrogen-bond acceptors (Lipinski definition) is 4. The summed E-state index contributed by atoms with van der Waals surface area (Å²) in [5, 5.41) is 18.3. The number of carbonyl (C=O) groups is 1. The van der Waals surface area contributed by atoms with E-state index in [1.54, 1.807) is 18.2 Å². The molecule has 0 bridgehead atoms. The minimum Gasteiger partial charge on any atom is -0.504 e. The normalized spacial score (nSPS) is 10.1. The Labute approximate surface area is 114 Å². The molecule has 0 radical (unpaired) electrons. The molecule has 20 heavy (non-hydrogen) atoms. The highest BCUT2D eigenvalue weighted by molar-refractivity contribution is 5.91. The largest absolute Gasteiger partial charge is 0.504 e. The number of benzene rings is 2. The number of ether oxygens (including phenoxy) is 1. The first-order valence-electron chi connectivity index (χ1n) is 5.67. The third-order valence-electron chi connectivity index (χ3n) is 2.61. The van der Waals surface area contributed by atoms with Gasteiger partial charge in [-0.25, -0.2) is 9.18 Å². The van der Waals surface area contributed by atoms with Gasteiger partial charge in [-0.15, -0.1) is 0 Å². The van der Waals surface area contributed by atoms with E-state index in [1.165, 1.54) is 12.1 Å². The van der Waals surface area contributed by atoms with Crippen LogP contribution in [0.5, 0.6) is 17.2 Å². The zero-order chi connectivity index (χ0) is 14.7. The van der Waals surface area contributed by atoms with Crippen molar-refractivity contribution >= 4 is 12.0 Å². The van der Waals surface area contributed by atoms with E-state index in [9.17, 15) is 14.3 Å². The van der Waals surface area contributed by atoms with Crippen LogP contribution in [0.3, 0.4) is 0 Å². The summed E-state index contributed by atoms with van der Waals surface area (Å²) in [7, 11) is 0. The van der Waals surface area contributed by atoms with Crippen LogP contribution in [0.4, 0.5) is 4.39 Å². The first kappa shape index (κ1) is 13.6. The molecule has 102 valence electrons. The highest BCUT2D eigenvalue weighted by atomic mass is 19.1. The van der Waals surface area contributed by atoms with Gasteiger partial charge in [0.15, 0.2) is 17.3 Å². The second kappa shape index (κ2) is 5.44. The quantitative estimate of drug-likeness (QED) is 0.512. The summed E-state index contributed by atoms with van der Waals surface area (Å²) in [5.74, 6) is -3.56. The Bertz CT molecular complexity index is 639. The summed E-state index contributed by atoms with van der Waals surface area (Å²) in [6.45, 7) is 3.59. The Morgan fingerprint density at radius 1 is 1.20 bits per heavy atom. The van der Waals surface area contributed by atoms with Gasteiger partial charge in [0.2, 0.25) is 0 Å². The van der Waals surface area contributed by atoms with Crippen molar-refractivity contribution in [1.29, 1.82) is 0 Å². The van der Waals surface area contributed by atoms with Crippen LogP contribution >= 0.6 is 0 Å². The number of phenols is 2. The molecule has 2 N–H and O–H groups in total. The fraction of sp³-hybridized carbons (Fsp3) is 0. The predicted molar refractivity (Wildman–Crippen MR) is 71.2 cm³/mol. The first-order valence-corrected chi connectivity index (χ1v) is 5.67. The van der Waals surface area contributed by atoms with Crippen molar-refractivity contribution in [3.8, 4) is 17.2 Å². The highest BCUT2D eigenvalue weighted by Gasteiger charge is 2.13. The molecule has 0 atom stereocenters. The monoisotopic (exact) mass is 274 g/mol. The van der Waals surface area contributed by atoms with Crippen LogP contribution in [0.2, 0.25) is 0 Å². The number of carbonyl (C=O) groups excluding carboxylic acids is 1. The molecule has 5 heteroatoms. The first-order chi connectivity index (χ1) is 9.51. The van der Waals surface area contributed by atoms with Gasteiger partial charge in [0, 0.05) is 12.1 Å².